The van der Waals surface area contributed by atoms with E-state index in [9.17, 15) is 4.79 Å². The summed E-state index contributed by atoms with van der Waals surface area (Å²) in [4.78, 5) is 28.5. The summed E-state index contributed by atoms with van der Waals surface area (Å²) < 4.78 is 5.43. The standard InChI is InChI=1S/C22H26N4O2S2/c1-17-20(30-21(24-17)19-4-2-15-29-19)22(27)26(16-18-5-7-23-8-6-18)10-3-9-25-11-13-28-14-12-25/h2,4-8,15H,3,9-14,16H2,1H3. The number of aryl methyl sites for hydroxylation is 1. The van der Waals surface area contributed by atoms with Crippen molar-refractivity contribution in [2.24, 2.45) is 0 Å². The van der Waals surface area contributed by atoms with Crippen LogP contribution in [0.25, 0.3) is 9.88 Å². The second kappa shape index (κ2) is 10.3. The molecule has 0 unspecified atom stereocenters. The summed E-state index contributed by atoms with van der Waals surface area (Å²) in [7, 11) is 0. The van der Waals surface area contributed by atoms with E-state index in [2.05, 4.69) is 14.9 Å². The molecule has 3 aromatic heterocycles. The number of rotatable bonds is 8. The maximum Gasteiger partial charge on any atom is 0.266 e. The molecule has 6 nitrogen and oxygen atoms in total. The van der Waals surface area contributed by atoms with E-state index < -0.39 is 0 Å². The van der Waals surface area contributed by atoms with Gasteiger partial charge in [-0.2, -0.15) is 0 Å². The van der Waals surface area contributed by atoms with Gasteiger partial charge in [0, 0.05) is 45.1 Å². The lowest BCUT2D eigenvalue weighted by atomic mass is 10.2. The van der Waals surface area contributed by atoms with Gasteiger partial charge < -0.3 is 9.64 Å². The van der Waals surface area contributed by atoms with Crippen LogP contribution in [-0.2, 0) is 11.3 Å². The Morgan fingerprint density at radius 2 is 2.03 bits per heavy atom. The van der Waals surface area contributed by atoms with E-state index in [4.69, 9.17) is 4.74 Å². The van der Waals surface area contributed by atoms with E-state index in [0.29, 0.717) is 13.1 Å². The molecule has 0 N–H and O–H groups in total. The highest BCUT2D eigenvalue weighted by atomic mass is 32.1. The summed E-state index contributed by atoms with van der Waals surface area (Å²) in [6.07, 6.45) is 4.49. The Balaban J connectivity index is 1.48. The zero-order chi connectivity index (χ0) is 20.8. The Labute approximate surface area is 185 Å². The molecule has 0 atom stereocenters. The predicted octanol–water partition coefficient (Wildman–Crippen LogP) is 3.94. The van der Waals surface area contributed by atoms with Crippen LogP contribution < -0.4 is 0 Å². The molecule has 30 heavy (non-hydrogen) atoms. The zero-order valence-electron chi connectivity index (χ0n) is 17.1. The molecular weight excluding hydrogens is 416 g/mol. The van der Waals surface area contributed by atoms with Crippen LogP contribution in [0, 0.1) is 6.92 Å². The highest BCUT2D eigenvalue weighted by Crippen LogP contribution is 2.32. The summed E-state index contributed by atoms with van der Waals surface area (Å²) in [6.45, 7) is 7.73. The van der Waals surface area contributed by atoms with Gasteiger partial charge >= 0.3 is 0 Å². The molecule has 0 aliphatic carbocycles. The van der Waals surface area contributed by atoms with Gasteiger partial charge in [-0.15, -0.1) is 22.7 Å². The number of morpholine rings is 1. The molecule has 8 heteroatoms. The monoisotopic (exact) mass is 442 g/mol. The number of hydrogen-bond donors (Lipinski definition) is 0. The summed E-state index contributed by atoms with van der Waals surface area (Å²) in [5.74, 6) is 0.0617. The summed E-state index contributed by atoms with van der Waals surface area (Å²) >= 11 is 3.15. The molecule has 4 rings (SSSR count). The first-order valence-electron chi connectivity index (χ1n) is 10.2. The number of thiophene rings is 1. The Kier molecular flexibility index (Phi) is 7.22. The molecular formula is C22H26N4O2S2. The molecule has 0 aromatic carbocycles. The Morgan fingerprint density at radius 1 is 1.23 bits per heavy atom. The minimum absolute atomic E-state index is 0.0617. The van der Waals surface area contributed by atoms with Crippen LogP contribution in [-0.4, -0.2) is 65.1 Å². The average molecular weight is 443 g/mol. The van der Waals surface area contributed by atoms with Crippen molar-refractivity contribution in [1.29, 1.82) is 0 Å². The van der Waals surface area contributed by atoms with Crippen molar-refractivity contribution in [3.05, 3.63) is 58.2 Å². The summed E-state index contributed by atoms with van der Waals surface area (Å²) in [6, 6.07) is 8.01. The van der Waals surface area contributed by atoms with Gasteiger partial charge in [0.25, 0.3) is 5.91 Å². The van der Waals surface area contributed by atoms with Gasteiger partial charge in [-0.25, -0.2) is 4.98 Å². The van der Waals surface area contributed by atoms with Gasteiger partial charge in [0.15, 0.2) is 0 Å². The van der Waals surface area contributed by atoms with Crippen molar-refractivity contribution in [2.75, 3.05) is 39.4 Å². The van der Waals surface area contributed by atoms with Crippen LogP contribution in [0.5, 0.6) is 0 Å². The highest BCUT2D eigenvalue weighted by Gasteiger charge is 2.23. The lowest BCUT2D eigenvalue weighted by molar-refractivity contribution is 0.0356. The molecule has 0 bridgehead atoms. The quantitative estimate of drug-likeness (QED) is 0.529. The Hall–Kier alpha value is -2.13. The molecule has 3 aromatic rings. The number of thiazole rings is 1. The number of carbonyl (C=O) groups is 1. The molecule has 0 saturated carbocycles. The van der Waals surface area contributed by atoms with E-state index in [1.807, 2.05) is 41.5 Å². The van der Waals surface area contributed by atoms with Gasteiger partial charge in [0.05, 0.1) is 23.8 Å². The molecule has 0 radical (unpaired) electrons. The molecule has 4 heterocycles. The fourth-order valence-electron chi connectivity index (χ4n) is 3.52. The third kappa shape index (κ3) is 5.31. The third-order valence-electron chi connectivity index (χ3n) is 5.14. The topological polar surface area (TPSA) is 58.6 Å². The second-order valence-corrected chi connectivity index (χ2v) is 9.25. The number of pyridine rings is 1. The van der Waals surface area contributed by atoms with Gasteiger partial charge in [0.2, 0.25) is 0 Å². The molecule has 0 spiro atoms. The number of nitrogens with zero attached hydrogens (tertiary/aromatic N) is 4. The first-order valence-corrected chi connectivity index (χ1v) is 11.9. The van der Waals surface area contributed by atoms with Crippen molar-refractivity contribution < 1.29 is 9.53 Å². The lowest BCUT2D eigenvalue weighted by Gasteiger charge is -2.28. The highest BCUT2D eigenvalue weighted by molar-refractivity contribution is 7.22. The van der Waals surface area contributed by atoms with Crippen molar-refractivity contribution >= 4 is 28.6 Å². The van der Waals surface area contributed by atoms with E-state index in [0.717, 1.165) is 65.3 Å². The number of amides is 1. The normalized spacial score (nSPS) is 14.7. The van der Waals surface area contributed by atoms with Gasteiger partial charge in [-0.05, 0) is 42.5 Å². The van der Waals surface area contributed by atoms with Crippen LogP contribution in [0.3, 0.4) is 0 Å². The molecule has 1 fully saturated rings. The largest absolute Gasteiger partial charge is 0.379 e. The van der Waals surface area contributed by atoms with Crippen molar-refractivity contribution in [1.82, 2.24) is 19.8 Å². The maximum atomic E-state index is 13.5. The van der Waals surface area contributed by atoms with E-state index in [-0.39, 0.29) is 5.91 Å². The van der Waals surface area contributed by atoms with Crippen LogP contribution in [0.1, 0.15) is 27.3 Å². The number of carbonyl (C=O) groups excluding carboxylic acids is 1. The fourth-order valence-corrected chi connectivity index (χ4v) is 5.35. The lowest BCUT2D eigenvalue weighted by Crippen LogP contribution is -2.39. The average Bonchev–Trinajstić information content (AvgIpc) is 3.44. The summed E-state index contributed by atoms with van der Waals surface area (Å²) in [5, 5.41) is 2.96. The molecule has 1 aliphatic heterocycles. The van der Waals surface area contributed by atoms with Gasteiger partial charge in [-0.3, -0.25) is 14.7 Å². The van der Waals surface area contributed by atoms with Crippen LogP contribution in [0.4, 0.5) is 0 Å². The number of aromatic nitrogens is 2. The van der Waals surface area contributed by atoms with Gasteiger partial charge in [-0.1, -0.05) is 6.07 Å². The van der Waals surface area contributed by atoms with Crippen molar-refractivity contribution in [3.8, 4) is 9.88 Å². The Morgan fingerprint density at radius 3 is 2.77 bits per heavy atom. The SMILES string of the molecule is Cc1nc(-c2cccs2)sc1C(=O)N(CCCN1CCOCC1)Cc1ccncc1. The molecule has 1 amide bonds. The molecule has 1 saturated heterocycles. The predicted molar refractivity (Wildman–Crippen MR) is 121 cm³/mol. The Bertz CT molecular complexity index is 937. The smallest absolute Gasteiger partial charge is 0.266 e. The fraction of sp³-hybridized carbons (Fsp3) is 0.409. The zero-order valence-corrected chi connectivity index (χ0v) is 18.8. The van der Waals surface area contributed by atoms with Crippen molar-refractivity contribution in [2.45, 2.75) is 19.9 Å². The van der Waals surface area contributed by atoms with Gasteiger partial charge in [0.1, 0.15) is 9.88 Å². The van der Waals surface area contributed by atoms with Crippen LogP contribution in [0.15, 0.2) is 42.0 Å². The van der Waals surface area contributed by atoms with Crippen molar-refractivity contribution in [3.63, 3.8) is 0 Å². The second-order valence-electron chi connectivity index (χ2n) is 7.30. The summed E-state index contributed by atoms with van der Waals surface area (Å²) in [5.41, 5.74) is 1.90. The van der Waals surface area contributed by atoms with E-state index in [1.54, 1.807) is 23.7 Å². The van der Waals surface area contributed by atoms with E-state index in [1.165, 1.54) is 11.3 Å². The van der Waals surface area contributed by atoms with Crippen LogP contribution in [0.2, 0.25) is 0 Å². The molecule has 158 valence electrons. The number of ether oxygens (including phenoxy) is 1. The van der Waals surface area contributed by atoms with E-state index >= 15 is 0 Å². The first-order chi connectivity index (χ1) is 14.7. The minimum Gasteiger partial charge on any atom is -0.379 e. The van der Waals surface area contributed by atoms with Crippen LogP contribution >= 0.6 is 22.7 Å². The number of hydrogen-bond acceptors (Lipinski definition) is 7. The molecule has 1 aliphatic rings. The first kappa shape index (κ1) is 21.1. The third-order valence-corrected chi connectivity index (χ3v) is 7.32. The maximum absolute atomic E-state index is 13.5. The minimum atomic E-state index is 0.0617.